The molecule has 0 atom stereocenters. The Balaban J connectivity index is 2.19. The largest absolute Gasteiger partial charge is 0.416 e. The number of aryl methyl sites for hydroxylation is 2. The van der Waals surface area contributed by atoms with Crippen molar-refractivity contribution in [3.8, 4) is 0 Å². The molecule has 0 saturated carbocycles. The summed E-state index contributed by atoms with van der Waals surface area (Å²) in [4.78, 5) is 12.1. The first-order valence-corrected chi connectivity index (χ1v) is 6.80. The molecule has 2 aromatic heterocycles. The molecular weight excluding hydrogens is 287 g/mol. The van der Waals surface area contributed by atoms with Gasteiger partial charge in [0.05, 0.1) is 5.56 Å². The summed E-state index contributed by atoms with van der Waals surface area (Å²) in [6.07, 6.45) is -2.00. The van der Waals surface area contributed by atoms with Gasteiger partial charge in [0.2, 0.25) is 0 Å². The summed E-state index contributed by atoms with van der Waals surface area (Å²) in [6, 6.07) is 2.80. The van der Waals surface area contributed by atoms with Crippen LogP contribution in [0.4, 0.5) is 13.2 Å². The van der Waals surface area contributed by atoms with Crippen molar-refractivity contribution in [1.82, 2.24) is 15.0 Å². The second kappa shape index (κ2) is 5.78. The van der Waals surface area contributed by atoms with Crippen LogP contribution < -0.4 is 0 Å². The van der Waals surface area contributed by atoms with Crippen molar-refractivity contribution in [2.45, 2.75) is 30.9 Å². The number of nitrogens with zero attached hydrogens (tertiary/aromatic N) is 3. The minimum Gasteiger partial charge on any atom is -0.264 e. The fourth-order valence-corrected chi connectivity index (χ4v) is 2.65. The van der Waals surface area contributed by atoms with Crippen LogP contribution in [0.15, 0.2) is 29.7 Å². The van der Waals surface area contributed by atoms with Gasteiger partial charge in [0.1, 0.15) is 0 Å². The number of halogens is 3. The highest BCUT2D eigenvalue weighted by atomic mass is 32.2. The van der Waals surface area contributed by atoms with E-state index in [1.807, 2.05) is 19.9 Å². The van der Waals surface area contributed by atoms with Crippen LogP contribution in [0, 0.1) is 13.8 Å². The topological polar surface area (TPSA) is 38.7 Å². The van der Waals surface area contributed by atoms with E-state index < -0.39 is 11.7 Å². The zero-order chi connectivity index (χ0) is 14.8. The molecule has 0 saturated heterocycles. The van der Waals surface area contributed by atoms with E-state index in [1.165, 1.54) is 18.0 Å². The van der Waals surface area contributed by atoms with Crippen molar-refractivity contribution in [1.29, 1.82) is 0 Å². The summed E-state index contributed by atoms with van der Waals surface area (Å²) in [5, 5.41) is 0.472. The predicted molar refractivity (Wildman–Crippen MR) is 70.3 cm³/mol. The molecule has 0 aliphatic carbocycles. The van der Waals surface area contributed by atoms with E-state index in [2.05, 4.69) is 15.0 Å². The second-order valence-electron chi connectivity index (χ2n) is 4.25. The van der Waals surface area contributed by atoms with Gasteiger partial charge in [0.15, 0.2) is 5.16 Å². The quantitative estimate of drug-likeness (QED) is 0.638. The molecule has 0 aliphatic rings. The van der Waals surface area contributed by atoms with Crippen molar-refractivity contribution >= 4 is 11.8 Å². The monoisotopic (exact) mass is 299 g/mol. The summed E-state index contributed by atoms with van der Waals surface area (Å²) in [7, 11) is 0. The minimum absolute atomic E-state index is 0.131. The molecule has 0 fully saturated rings. The van der Waals surface area contributed by atoms with Gasteiger partial charge in [-0.25, -0.2) is 9.97 Å². The van der Waals surface area contributed by atoms with Crippen LogP contribution in [-0.2, 0) is 11.9 Å². The lowest BCUT2D eigenvalue weighted by Gasteiger charge is -2.11. The van der Waals surface area contributed by atoms with E-state index in [9.17, 15) is 13.2 Å². The number of aromatic nitrogens is 3. The second-order valence-corrected chi connectivity index (χ2v) is 5.20. The van der Waals surface area contributed by atoms with Gasteiger partial charge in [0, 0.05) is 29.5 Å². The van der Waals surface area contributed by atoms with E-state index >= 15 is 0 Å². The molecule has 20 heavy (non-hydrogen) atoms. The number of rotatable bonds is 3. The van der Waals surface area contributed by atoms with Gasteiger partial charge in [-0.15, -0.1) is 0 Å². The van der Waals surface area contributed by atoms with E-state index in [-0.39, 0.29) is 11.3 Å². The van der Waals surface area contributed by atoms with Crippen molar-refractivity contribution in [2.24, 2.45) is 0 Å². The Morgan fingerprint density at radius 3 is 2.40 bits per heavy atom. The van der Waals surface area contributed by atoms with Crippen LogP contribution in [-0.4, -0.2) is 15.0 Å². The smallest absolute Gasteiger partial charge is 0.264 e. The lowest BCUT2D eigenvalue weighted by Crippen LogP contribution is -2.09. The Hall–Kier alpha value is -1.63. The highest BCUT2D eigenvalue weighted by Crippen LogP contribution is 2.33. The average Bonchev–Trinajstić information content (AvgIpc) is 2.34. The van der Waals surface area contributed by atoms with Crippen molar-refractivity contribution < 1.29 is 13.2 Å². The summed E-state index contributed by atoms with van der Waals surface area (Å²) in [6.45, 7) is 3.65. The van der Waals surface area contributed by atoms with Gasteiger partial charge < -0.3 is 0 Å². The van der Waals surface area contributed by atoms with Crippen LogP contribution in [0.25, 0.3) is 0 Å². The first-order chi connectivity index (χ1) is 9.36. The van der Waals surface area contributed by atoms with Gasteiger partial charge >= 0.3 is 6.18 Å². The lowest BCUT2D eigenvalue weighted by atomic mass is 10.1. The van der Waals surface area contributed by atoms with Crippen molar-refractivity contribution in [3.05, 3.63) is 47.0 Å². The number of thioether (sulfide) groups is 1. The minimum atomic E-state index is -4.37. The molecule has 2 aromatic rings. The van der Waals surface area contributed by atoms with Crippen molar-refractivity contribution in [2.75, 3.05) is 0 Å². The fourth-order valence-electron chi connectivity index (χ4n) is 1.72. The molecule has 0 aliphatic heterocycles. The average molecular weight is 299 g/mol. The third-order valence-electron chi connectivity index (χ3n) is 2.53. The number of pyridine rings is 1. The number of hydrogen-bond donors (Lipinski definition) is 0. The third-order valence-corrected chi connectivity index (χ3v) is 3.42. The van der Waals surface area contributed by atoms with Crippen LogP contribution in [0.5, 0.6) is 0 Å². The first-order valence-electron chi connectivity index (χ1n) is 5.81. The summed E-state index contributed by atoms with van der Waals surface area (Å²) in [5.74, 6) is 0.131. The van der Waals surface area contributed by atoms with E-state index in [1.54, 1.807) is 0 Å². The fraction of sp³-hybridized carbons (Fsp3) is 0.308. The van der Waals surface area contributed by atoms with E-state index in [0.29, 0.717) is 5.16 Å². The molecule has 7 heteroatoms. The highest BCUT2D eigenvalue weighted by Gasteiger charge is 2.33. The Morgan fingerprint density at radius 1 is 1.15 bits per heavy atom. The summed E-state index contributed by atoms with van der Waals surface area (Å²) >= 11 is 1.17. The third kappa shape index (κ3) is 3.69. The van der Waals surface area contributed by atoms with E-state index in [4.69, 9.17) is 0 Å². The zero-order valence-corrected chi connectivity index (χ0v) is 11.7. The van der Waals surface area contributed by atoms with Gasteiger partial charge in [-0.2, -0.15) is 13.2 Å². The molecule has 106 valence electrons. The normalized spacial score (nSPS) is 11.7. The van der Waals surface area contributed by atoms with Gasteiger partial charge in [-0.05, 0) is 31.5 Å². The number of hydrogen-bond acceptors (Lipinski definition) is 4. The Kier molecular flexibility index (Phi) is 4.27. The number of alkyl halides is 3. The molecule has 0 amide bonds. The van der Waals surface area contributed by atoms with Gasteiger partial charge in [-0.3, -0.25) is 4.98 Å². The summed E-state index contributed by atoms with van der Waals surface area (Å²) in [5.41, 5.74) is 1.06. The Labute approximate surface area is 118 Å². The van der Waals surface area contributed by atoms with Crippen LogP contribution in [0.1, 0.15) is 22.5 Å². The predicted octanol–water partition coefficient (Wildman–Crippen LogP) is 3.80. The SMILES string of the molecule is Cc1cc(C)nc(SCc2cnccc2C(F)(F)F)n1. The molecule has 2 rings (SSSR count). The molecule has 0 N–H and O–H groups in total. The first kappa shape index (κ1) is 14.8. The molecule has 0 bridgehead atoms. The molecule has 0 spiro atoms. The van der Waals surface area contributed by atoms with Crippen molar-refractivity contribution in [3.63, 3.8) is 0 Å². The van der Waals surface area contributed by atoms with E-state index in [0.717, 1.165) is 23.7 Å². The molecule has 0 unspecified atom stereocenters. The highest BCUT2D eigenvalue weighted by molar-refractivity contribution is 7.98. The Bertz CT molecular complexity index is 594. The maximum atomic E-state index is 12.8. The molecular formula is C13H12F3N3S. The van der Waals surface area contributed by atoms with Gasteiger partial charge in [0.25, 0.3) is 0 Å². The van der Waals surface area contributed by atoms with Crippen LogP contribution in [0.2, 0.25) is 0 Å². The molecule has 0 aromatic carbocycles. The lowest BCUT2D eigenvalue weighted by molar-refractivity contribution is -0.138. The molecule has 0 radical (unpaired) electrons. The Morgan fingerprint density at radius 2 is 1.80 bits per heavy atom. The zero-order valence-electron chi connectivity index (χ0n) is 10.9. The maximum absolute atomic E-state index is 12.8. The van der Waals surface area contributed by atoms with Crippen LogP contribution >= 0.6 is 11.8 Å². The maximum Gasteiger partial charge on any atom is 0.416 e. The standard InChI is InChI=1S/C13H12F3N3S/c1-8-5-9(2)19-12(18-8)20-7-10-6-17-4-3-11(10)13(14,15)16/h3-6H,7H2,1-2H3. The van der Waals surface area contributed by atoms with Crippen LogP contribution in [0.3, 0.4) is 0 Å². The molecule has 2 heterocycles. The summed E-state index contributed by atoms with van der Waals surface area (Å²) < 4.78 is 38.5. The molecule has 3 nitrogen and oxygen atoms in total. The van der Waals surface area contributed by atoms with Gasteiger partial charge in [-0.1, -0.05) is 11.8 Å².